The Hall–Kier alpha value is -2.31. The van der Waals surface area contributed by atoms with Crippen LogP contribution in [0, 0.1) is 5.92 Å². The maximum atomic E-state index is 12.6. The predicted octanol–water partition coefficient (Wildman–Crippen LogP) is 0.607. The molecule has 3 heterocycles. The molecule has 2 amide bonds. The van der Waals surface area contributed by atoms with Crippen molar-refractivity contribution >= 4 is 17.6 Å². The number of amides is 2. The molecule has 1 unspecified atom stereocenters. The number of nitrogens with zero attached hydrogens (tertiary/aromatic N) is 4. The largest absolute Gasteiger partial charge is 0.478 e. The Morgan fingerprint density at radius 1 is 1.29 bits per heavy atom. The molecule has 2 fully saturated rings. The lowest BCUT2D eigenvalue weighted by molar-refractivity contribution is -0.136. The first-order valence-electron chi connectivity index (χ1n) is 8.46. The number of aromatic nitrogens is 1. The van der Waals surface area contributed by atoms with Gasteiger partial charge in [0, 0.05) is 52.3 Å². The summed E-state index contributed by atoms with van der Waals surface area (Å²) in [5.41, 5.74) is 0. The van der Waals surface area contributed by atoms with Gasteiger partial charge < -0.3 is 19.4 Å². The highest BCUT2D eigenvalue weighted by molar-refractivity contribution is 5.89. The van der Waals surface area contributed by atoms with E-state index in [4.69, 9.17) is 4.74 Å². The van der Waals surface area contributed by atoms with Gasteiger partial charge in [0.1, 0.15) is 5.82 Å². The molecule has 1 atom stereocenters. The summed E-state index contributed by atoms with van der Waals surface area (Å²) in [6.07, 6.45) is 0.341. The van der Waals surface area contributed by atoms with E-state index in [1.165, 1.54) is 0 Å². The molecule has 0 aliphatic carbocycles. The third kappa shape index (κ3) is 3.44. The van der Waals surface area contributed by atoms with E-state index < -0.39 is 0 Å². The van der Waals surface area contributed by atoms with Gasteiger partial charge in [-0.1, -0.05) is 6.07 Å². The topological polar surface area (TPSA) is 66.0 Å². The highest BCUT2D eigenvalue weighted by Crippen LogP contribution is 2.21. The molecule has 2 saturated heterocycles. The second-order valence-corrected chi connectivity index (χ2v) is 6.25. The fourth-order valence-electron chi connectivity index (χ4n) is 3.25. The Morgan fingerprint density at radius 2 is 2.04 bits per heavy atom. The Balaban J connectivity index is 1.57. The zero-order valence-corrected chi connectivity index (χ0v) is 14.3. The fraction of sp³-hybridized carbons (Fsp3) is 0.588. The zero-order chi connectivity index (χ0) is 17.1. The standard InChI is InChI=1S/C17H24N4O3/c1-3-24-15-6-4-5-14(18-15)20-7-9-21(10-8-20)17(23)13-11-16(22)19(2)12-13/h4-6,13H,3,7-12H2,1-2H3. The molecule has 7 heteroatoms. The van der Waals surface area contributed by atoms with Gasteiger partial charge in [-0.15, -0.1) is 0 Å². The zero-order valence-electron chi connectivity index (χ0n) is 14.3. The minimum Gasteiger partial charge on any atom is -0.478 e. The quantitative estimate of drug-likeness (QED) is 0.808. The fourth-order valence-corrected chi connectivity index (χ4v) is 3.25. The molecule has 0 radical (unpaired) electrons. The van der Waals surface area contributed by atoms with Crippen molar-refractivity contribution in [3.63, 3.8) is 0 Å². The minimum atomic E-state index is -0.187. The van der Waals surface area contributed by atoms with E-state index in [0.717, 1.165) is 18.9 Å². The Kier molecular flexibility index (Phi) is 4.87. The second-order valence-electron chi connectivity index (χ2n) is 6.25. The molecule has 0 bridgehead atoms. The number of likely N-dealkylation sites (tertiary alicyclic amines) is 1. The van der Waals surface area contributed by atoms with Crippen molar-refractivity contribution in [2.75, 3.05) is 51.3 Å². The molecule has 0 spiro atoms. The summed E-state index contributed by atoms with van der Waals surface area (Å²) in [4.78, 5) is 34.4. The second kappa shape index (κ2) is 7.07. The van der Waals surface area contributed by atoms with Gasteiger partial charge in [-0.25, -0.2) is 0 Å². The van der Waals surface area contributed by atoms with E-state index >= 15 is 0 Å². The van der Waals surface area contributed by atoms with Crippen molar-refractivity contribution in [1.29, 1.82) is 0 Å². The summed E-state index contributed by atoms with van der Waals surface area (Å²) in [5, 5.41) is 0. The number of piperazine rings is 1. The number of hydrogen-bond donors (Lipinski definition) is 0. The van der Waals surface area contributed by atoms with E-state index in [2.05, 4.69) is 9.88 Å². The Morgan fingerprint density at radius 3 is 2.67 bits per heavy atom. The molecule has 2 aliphatic rings. The van der Waals surface area contributed by atoms with Gasteiger partial charge in [0.15, 0.2) is 0 Å². The number of hydrogen-bond acceptors (Lipinski definition) is 5. The molecule has 7 nitrogen and oxygen atoms in total. The van der Waals surface area contributed by atoms with Gasteiger partial charge in [-0.3, -0.25) is 9.59 Å². The summed E-state index contributed by atoms with van der Waals surface area (Å²) in [7, 11) is 1.75. The first-order valence-corrected chi connectivity index (χ1v) is 8.46. The Labute approximate surface area is 142 Å². The van der Waals surface area contributed by atoms with Crippen molar-refractivity contribution in [3.05, 3.63) is 18.2 Å². The maximum Gasteiger partial charge on any atom is 0.228 e. The van der Waals surface area contributed by atoms with Crippen molar-refractivity contribution < 1.29 is 14.3 Å². The highest BCUT2D eigenvalue weighted by Gasteiger charge is 2.35. The molecular weight excluding hydrogens is 308 g/mol. The van der Waals surface area contributed by atoms with Crippen molar-refractivity contribution in [3.8, 4) is 5.88 Å². The smallest absolute Gasteiger partial charge is 0.228 e. The summed E-state index contributed by atoms with van der Waals surface area (Å²) >= 11 is 0. The first-order chi connectivity index (χ1) is 11.6. The van der Waals surface area contributed by atoms with E-state index in [-0.39, 0.29) is 17.7 Å². The van der Waals surface area contributed by atoms with Gasteiger partial charge in [0.25, 0.3) is 0 Å². The minimum absolute atomic E-state index is 0.0592. The van der Waals surface area contributed by atoms with Crippen LogP contribution in [0.5, 0.6) is 5.88 Å². The molecule has 0 N–H and O–H groups in total. The monoisotopic (exact) mass is 332 g/mol. The van der Waals surface area contributed by atoms with Crippen LogP contribution >= 0.6 is 0 Å². The van der Waals surface area contributed by atoms with Crippen LogP contribution in [0.15, 0.2) is 18.2 Å². The van der Waals surface area contributed by atoms with Crippen LogP contribution < -0.4 is 9.64 Å². The number of anilines is 1. The van der Waals surface area contributed by atoms with Crippen LogP contribution in [0.4, 0.5) is 5.82 Å². The lowest BCUT2D eigenvalue weighted by Crippen LogP contribution is -2.50. The molecule has 2 aliphatic heterocycles. The third-order valence-corrected chi connectivity index (χ3v) is 4.61. The van der Waals surface area contributed by atoms with Crippen LogP contribution in [-0.2, 0) is 9.59 Å². The van der Waals surface area contributed by atoms with Gasteiger partial charge in [-0.05, 0) is 13.0 Å². The van der Waals surface area contributed by atoms with Crippen LogP contribution in [0.3, 0.4) is 0 Å². The molecule has 1 aromatic rings. The predicted molar refractivity (Wildman–Crippen MR) is 89.9 cm³/mol. The van der Waals surface area contributed by atoms with Crippen molar-refractivity contribution in [2.24, 2.45) is 5.92 Å². The molecule has 1 aromatic heterocycles. The lowest BCUT2D eigenvalue weighted by Gasteiger charge is -2.36. The van der Waals surface area contributed by atoms with Crippen molar-refractivity contribution in [2.45, 2.75) is 13.3 Å². The van der Waals surface area contributed by atoms with E-state index in [9.17, 15) is 9.59 Å². The summed E-state index contributed by atoms with van der Waals surface area (Å²) in [5.74, 6) is 1.48. The summed E-state index contributed by atoms with van der Waals surface area (Å²) in [6, 6.07) is 5.75. The van der Waals surface area contributed by atoms with Gasteiger partial charge in [0.2, 0.25) is 17.7 Å². The van der Waals surface area contributed by atoms with Crippen LogP contribution in [0.25, 0.3) is 0 Å². The molecule has 24 heavy (non-hydrogen) atoms. The number of carbonyl (C=O) groups is 2. The molecule has 0 saturated carbocycles. The lowest BCUT2D eigenvalue weighted by atomic mass is 10.1. The maximum absolute atomic E-state index is 12.6. The van der Waals surface area contributed by atoms with E-state index in [1.54, 1.807) is 11.9 Å². The van der Waals surface area contributed by atoms with Crippen LogP contribution in [-0.4, -0.2) is 73.0 Å². The van der Waals surface area contributed by atoms with Crippen LogP contribution in [0.1, 0.15) is 13.3 Å². The van der Waals surface area contributed by atoms with E-state index in [1.807, 2.05) is 30.0 Å². The highest BCUT2D eigenvalue weighted by atomic mass is 16.5. The number of carbonyl (C=O) groups excluding carboxylic acids is 2. The van der Waals surface area contributed by atoms with Gasteiger partial charge in [-0.2, -0.15) is 4.98 Å². The number of rotatable bonds is 4. The number of ether oxygens (including phenoxy) is 1. The van der Waals surface area contributed by atoms with Gasteiger partial charge in [0.05, 0.1) is 12.5 Å². The number of pyridine rings is 1. The SMILES string of the molecule is CCOc1cccc(N2CCN(C(=O)C3CC(=O)N(C)C3)CC2)n1. The molecular formula is C17H24N4O3. The summed E-state index contributed by atoms with van der Waals surface area (Å²) < 4.78 is 5.45. The Bertz CT molecular complexity index is 614. The third-order valence-electron chi connectivity index (χ3n) is 4.61. The van der Waals surface area contributed by atoms with Crippen LogP contribution in [0.2, 0.25) is 0 Å². The van der Waals surface area contributed by atoms with Crippen molar-refractivity contribution in [1.82, 2.24) is 14.8 Å². The van der Waals surface area contributed by atoms with Gasteiger partial charge >= 0.3 is 0 Å². The molecule has 0 aromatic carbocycles. The van der Waals surface area contributed by atoms with E-state index in [0.29, 0.717) is 38.5 Å². The average Bonchev–Trinajstić information content (AvgIpc) is 2.94. The normalized spacial score (nSPS) is 21.3. The first kappa shape index (κ1) is 16.5. The molecule has 130 valence electrons. The molecule has 3 rings (SSSR count). The summed E-state index contributed by atoms with van der Waals surface area (Å²) in [6.45, 7) is 5.87. The average molecular weight is 332 g/mol.